The molecule has 0 N–H and O–H groups in total. The molecule has 0 aliphatic carbocycles. The highest BCUT2D eigenvalue weighted by Crippen LogP contribution is 2.39. The zero-order valence-electron chi connectivity index (χ0n) is 18.3. The Labute approximate surface area is 200 Å². The number of hydrogen-bond acceptors (Lipinski definition) is 6. The smallest absolute Gasteiger partial charge is 0.161 e. The first-order valence-corrected chi connectivity index (χ1v) is 10.8. The third-order valence-electron chi connectivity index (χ3n) is 5.88. The number of para-hydroxylation sites is 3. The van der Waals surface area contributed by atoms with Gasteiger partial charge in [-0.2, -0.15) is 10.5 Å². The van der Waals surface area contributed by atoms with E-state index in [1.54, 1.807) is 0 Å². The molecule has 3 aromatic carbocycles. The van der Waals surface area contributed by atoms with E-state index < -0.39 is 0 Å². The molecule has 0 aliphatic rings. The van der Waals surface area contributed by atoms with Crippen molar-refractivity contribution in [3.63, 3.8) is 0 Å². The third-order valence-corrected chi connectivity index (χ3v) is 5.88. The monoisotopic (exact) mass is 449 g/mol. The van der Waals surface area contributed by atoms with Gasteiger partial charge in [0.05, 0.1) is 27.8 Å². The van der Waals surface area contributed by atoms with E-state index in [2.05, 4.69) is 60.9 Å². The molecule has 35 heavy (non-hydrogen) atoms. The Balaban J connectivity index is 1.74. The van der Waals surface area contributed by atoms with Gasteiger partial charge < -0.3 is 4.57 Å². The lowest BCUT2D eigenvalue weighted by Crippen LogP contribution is -2.04. The van der Waals surface area contributed by atoms with Gasteiger partial charge in [-0.3, -0.25) is 0 Å². The summed E-state index contributed by atoms with van der Waals surface area (Å²) in [6.07, 6.45) is 6.07. The van der Waals surface area contributed by atoms with Crippen molar-refractivity contribution in [2.24, 2.45) is 0 Å². The molecule has 0 saturated carbocycles. The maximum absolute atomic E-state index is 9.20. The van der Waals surface area contributed by atoms with E-state index in [-0.39, 0.29) is 0 Å². The zero-order valence-corrected chi connectivity index (χ0v) is 18.3. The van der Waals surface area contributed by atoms with Crippen LogP contribution in [0.5, 0.6) is 0 Å². The maximum Gasteiger partial charge on any atom is 0.161 e. The Hall–Kier alpha value is -5.40. The van der Waals surface area contributed by atoms with Crippen LogP contribution in [0.15, 0.2) is 91.5 Å². The molecule has 0 saturated heterocycles. The standard InChI is InChI=1S/C28H15N7/c29-12-18-14-31-27(32-15-18)22-8-5-9-23(28-33-16-19(13-30)17-34-28)26(22)35-24-10-3-1-6-20(24)21-7-2-4-11-25(21)35/h1-11,14-17H. The molecule has 0 fully saturated rings. The number of benzene rings is 3. The van der Waals surface area contributed by atoms with Crippen molar-refractivity contribution in [2.75, 3.05) is 0 Å². The summed E-state index contributed by atoms with van der Waals surface area (Å²) in [7, 11) is 0. The third kappa shape index (κ3) is 3.28. The van der Waals surface area contributed by atoms with Crippen molar-refractivity contribution in [3.8, 4) is 40.6 Å². The topological polar surface area (TPSA) is 104 Å². The van der Waals surface area contributed by atoms with Crippen molar-refractivity contribution < 1.29 is 0 Å². The highest BCUT2D eigenvalue weighted by Gasteiger charge is 2.21. The predicted molar refractivity (Wildman–Crippen MR) is 132 cm³/mol. The first kappa shape index (κ1) is 20.2. The number of rotatable bonds is 3. The summed E-state index contributed by atoms with van der Waals surface area (Å²) in [5, 5.41) is 20.6. The van der Waals surface area contributed by atoms with Gasteiger partial charge in [0, 0.05) is 46.7 Å². The Morgan fingerprint density at radius 3 is 1.40 bits per heavy atom. The molecule has 0 aliphatic heterocycles. The van der Waals surface area contributed by atoms with Gasteiger partial charge in [-0.05, 0) is 24.3 Å². The minimum atomic E-state index is 0.388. The van der Waals surface area contributed by atoms with Crippen LogP contribution in [0.2, 0.25) is 0 Å². The molecule has 0 atom stereocenters. The first-order chi connectivity index (χ1) is 17.3. The fourth-order valence-electron chi connectivity index (χ4n) is 4.36. The molecule has 0 unspecified atom stereocenters. The number of aromatic nitrogens is 5. The van der Waals surface area contributed by atoms with E-state index in [0.717, 1.165) is 38.6 Å². The molecule has 0 bridgehead atoms. The van der Waals surface area contributed by atoms with Crippen LogP contribution < -0.4 is 0 Å². The molecule has 6 rings (SSSR count). The van der Waals surface area contributed by atoms with Gasteiger partial charge in [0.2, 0.25) is 0 Å². The molecular weight excluding hydrogens is 434 g/mol. The van der Waals surface area contributed by atoms with Crippen LogP contribution in [-0.4, -0.2) is 24.5 Å². The maximum atomic E-state index is 9.20. The fraction of sp³-hybridized carbons (Fsp3) is 0. The van der Waals surface area contributed by atoms with Crippen LogP contribution in [0, 0.1) is 22.7 Å². The Bertz CT molecular complexity index is 1670. The van der Waals surface area contributed by atoms with E-state index in [0.29, 0.717) is 22.8 Å². The minimum Gasteiger partial charge on any atom is -0.308 e. The summed E-state index contributed by atoms with van der Waals surface area (Å²) < 4.78 is 2.18. The average Bonchev–Trinajstić information content (AvgIpc) is 3.27. The number of nitrogens with zero attached hydrogens (tertiary/aromatic N) is 7. The summed E-state index contributed by atoms with van der Waals surface area (Å²) in [4.78, 5) is 17.9. The van der Waals surface area contributed by atoms with Gasteiger partial charge in [0.1, 0.15) is 12.1 Å². The van der Waals surface area contributed by atoms with Crippen molar-refractivity contribution >= 4 is 21.8 Å². The normalized spacial score (nSPS) is 10.8. The van der Waals surface area contributed by atoms with Crippen LogP contribution >= 0.6 is 0 Å². The van der Waals surface area contributed by atoms with Crippen molar-refractivity contribution in [1.29, 1.82) is 10.5 Å². The van der Waals surface area contributed by atoms with Crippen molar-refractivity contribution in [3.05, 3.63) is 103 Å². The number of hydrogen-bond donors (Lipinski definition) is 0. The van der Waals surface area contributed by atoms with Crippen LogP contribution in [0.1, 0.15) is 11.1 Å². The van der Waals surface area contributed by atoms with Gasteiger partial charge >= 0.3 is 0 Å². The first-order valence-electron chi connectivity index (χ1n) is 10.8. The van der Waals surface area contributed by atoms with E-state index in [1.807, 2.05) is 42.5 Å². The largest absolute Gasteiger partial charge is 0.308 e. The summed E-state index contributed by atoms with van der Waals surface area (Å²) in [5.41, 5.74) is 5.17. The summed E-state index contributed by atoms with van der Waals surface area (Å²) >= 11 is 0. The van der Waals surface area contributed by atoms with Gasteiger partial charge in [0.15, 0.2) is 11.6 Å². The van der Waals surface area contributed by atoms with Crippen LogP contribution in [0.25, 0.3) is 50.3 Å². The van der Waals surface area contributed by atoms with E-state index in [9.17, 15) is 10.5 Å². The van der Waals surface area contributed by atoms with Crippen LogP contribution in [0.4, 0.5) is 0 Å². The minimum absolute atomic E-state index is 0.388. The lowest BCUT2D eigenvalue weighted by molar-refractivity contribution is 1.11. The number of fused-ring (bicyclic) bond motifs is 3. The second kappa shape index (κ2) is 8.18. The molecule has 0 amide bonds. The second-order valence-electron chi connectivity index (χ2n) is 7.89. The van der Waals surface area contributed by atoms with Gasteiger partial charge in [-0.1, -0.05) is 42.5 Å². The fourth-order valence-corrected chi connectivity index (χ4v) is 4.36. The Morgan fingerprint density at radius 2 is 0.971 bits per heavy atom. The molecule has 6 aromatic rings. The molecular formula is C28H15N7. The SMILES string of the molecule is N#Cc1cnc(-c2cccc(-c3ncc(C#N)cn3)c2-n2c3ccccc3c3ccccc32)nc1. The highest BCUT2D eigenvalue weighted by atomic mass is 15.0. The zero-order chi connectivity index (χ0) is 23.8. The van der Waals surface area contributed by atoms with E-state index in [1.165, 1.54) is 24.8 Å². The summed E-state index contributed by atoms with van der Waals surface area (Å²) in [6, 6.07) is 26.4. The van der Waals surface area contributed by atoms with E-state index >= 15 is 0 Å². The van der Waals surface area contributed by atoms with E-state index in [4.69, 9.17) is 0 Å². The Kier molecular flexibility index (Phi) is 4.73. The molecule has 3 aromatic heterocycles. The van der Waals surface area contributed by atoms with Gasteiger partial charge in [-0.15, -0.1) is 0 Å². The summed E-state index contributed by atoms with van der Waals surface area (Å²) in [6.45, 7) is 0. The van der Waals surface area contributed by atoms with Gasteiger partial charge in [0.25, 0.3) is 0 Å². The molecule has 0 radical (unpaired) electrons. The predicted octanol–water partition coefficient (Wildman–Crippen LogP) is 5.44. The Morgan fingerprint density at radius 1 is 0.543 bits per heavy atom. The van der Waals surface area contributed by atoms with Crippen LogP contribution in [-0.2, 0) is 0 Å². The molecule has 7 heteroatoms. The molecule has 0 spiro atoms. The quantitative estimate of drug-likeness (QED) is 0.356. The lowest BCUT2D eigenvalue weighted by Gasteiger charge is -2.17. The molecule has 7 nitrogen and oxygen atoms in total. The summed E-state index contributed by atoms with van der Waals surface area (Å²) in [5.74, 6) is 0.965. The molecule has 3 heterocycles. The lowest BCUT2D eigenvalue weighted by atomic mass is 10.0. The average molecular weight is 449 g/mol. The van der Waals surface area contributed by atoms with Gasteiger partial charge in [-0.25, -0.2) is 19.9 Å². The van der Waals surface area contributed by atoms with Crippen LogP contribution in [0.3, 0.4) is 0 Å². The number of nitriles is 2. The highest BCUT2D eigenvalue weighted by molar-refractivity contribution is 6.10. The van der Waals surface area contributed by atoms with Crippen molar-refractivity contribution in [2.45, 2.75) is 0 Å². The van der Waals surface area contributed by atoms with Crippen molar-refractivity contribution in [1.82, 2.24) is 24.5 Å². The molecule has 162 valence electrons. The second-order valence-corrected chi connectivity index (χ2v) is 7.89.